The first-order valence-corrected chi connectivity index (χ1v) is 13.0. The van der Waals surface area contributed by atoms with E-state index in [0.29, 0.717) is 18.7 Å². The van der Waals surface area contributed by atoms with Crippen LogP contribution in [0, 0.1) is 17.2 Å². The van der Waals surface area contributed by atoms with Gasteiger partial charge in [-0.25, -0.2) is 4.39 Å². The standard InChI is InChI=1S/C26H37FN2O3.C2H6.FH.H2/c1-17(30)23(18-10-6-5-7-11-18)28-24(31)21-14-8-13-20(22(21)27)19-12-9-15-29(16-19)25(32)26(2,3)4;1-2;;/h8,13-14,18-19,23H,5-7,9-12,15-16H2,1-4H3,(H,28,31);1-2H3;2*1H/t19?,23-;;;/m0.../s1. The van der Waals surface area contributed by atoms with E-state index in [-0.39, 0.29) is 35.2 Å². The lowest BCUT2D eigenvalue weighted by Gasteiger charge is -2.37. The van der Waals surface area contributed by atoms with Crippen LogP contribution in [0.2, 0.25) is 0 Å². The Balaban J connectivity index is 0.00000299. The zero-order valence-electron chi connectivity index (χ0n) is 22.3. The molecule has 0 bridgehead atoms. The summed E-state index contributed by atoms with van der Waals surface area (Å²) < 4.78 is 15.5. The monoisotopic (exact) mass is 496 g/mol. The summed E-state index contributed by atoms with van der Waals surface area (Å²) >= 11 is 0. The highest BCUT2D eigenvalue weighted by Gasteiger charge is 2.34. The predicted molar refractivity (Wildman–Crippen MR) is 139 cm³/mol. The summed E-state index contributed by atoms with van der Waals surface area (Å²) in [6.07, 6.45) is 6.66. The number of piperidine rings is 1. The van der Waals surface area contributed by atoms with E-state index in [2.05, 4.69) is 5.32 Å². The van der Waals surface area contributed by atoms with Gasteiger partial charge in [-0.3, -0.25) is 19.1 Å². The van der Waals surface area contributed by atoms with Crippen molar-refractivity contribution in [1.29, 1.82) is 0 Å². The van der Waals surface area contributed by atoms with Crippen LogP contribution in [-0.4, -0.2) is 41.6 Å². The van der Waals surface area contributed by atoms with Gasteiger partial charge >= 0.3 is 0 Å². The van der Waals surface area contributed by atoms with Crippen molar-refractivity contribution in [2.45, 2.75) is 98.4 Å². The van der Waals surface area contributed by atoms with Crippen LogP contribution in [0.15, 0.2) is 18.2 Å². The van der Waals surface area contributed by atoms with Crippen molar-refractivity contribution in [1.82, 2.24) is 10.2 Å². The Bertz CT molecular complexity index is 867. The molecule has 1 aromatic rings. The molecule has 1 saturated carbocycles. The molecule has 1 aliphatic carbocycles. The maximum absolute atomic E-state index is 15.5. The molecule has 2 amide bonds. The van der Waals surface area contributed by atoms with Crippen molar-refractivity contribution < 1.29 is 24.9 Å². The number of nitrogens with one attached hydrogen (secondary N) is 1. The van der Waals surface area contributed by atoms with Crippen LogP contribution < -0.4 is 5.32 Å². The molecule has 2 atom stereocenters. The van der Waals surface area contributed by atoms with Gasteiger partial charge in [-0.2, -0.15) is 0 Å². The summed E-state index contributed by atoms with van der Waals surface area (Å²) in [4.78, 5) is 39.8. The normalized spacial score (nSPS) is 19.5. The van der Waals surface area contributed by atoms with Crippen LogP contribution in [0.25, 0.3) is 0 Å². The Labute approximate surface area is 211 Å². The molecule has 200 valence electrons. The van der Waals surface area contributed by atoms with Crippen LogP contribution >= 0.6 is 0 Å². The predicted octanol–water partition coefficient (Wildman–Crippen LogP) is 6.27. The Morgan fingerprint density at radius 1 is 1.06 bits per heavy atom. The van der Waals surface area contributed by atoms with Gasteiger partial charge in [-0.1, -0.05) is 66.0 Å². The third kappa shape index (κ3) is 7.84. The van der Waals surface area contributed by atoms with Gasteiger partial charge in [-0.15, -0.1) is 0 Å². The molecule has 5 nitrogen and oxygen atoms in total. The molecular weight excluding hydrogens is 450 g/mol. The first kappa shape index (κ1) is 30.7. The van der Waals surface area contributed by atoms with E-state index in [1.807, 2.05) is 39.5 Å². The Hall–Kier alpha value is -2.31. The fraction of sp³-hybridized carbons (Fsp3) is 0.679. The summed E-state index contributed by atoms with van der Waals surface area (Å²) in [6.45, 7) is 12.3. The lowest BCUT2D eigenvalue weighted by molar-refractivity contribution is -0.140. The van der Waals surface area contributed by atoms with Gasteiger partial charge in [0, 0.05) is 25.8 Å². The quantitative estimate of drug-likeness (QED) is 0.522. The molecule has 3 rings (SSSR count). The number of nitrogens with zero attached hydrogens (tertiary/aromatic N) is 1. The number of halogens is 2. The number of benzene rings is 1. The molecule has 1 aromatic carbocycles. The minimum atomic E-state index is -0.569. The van der Waals surface area contributed by atoms with Gasteiger partial charge in [-0.05, 0) is 50.2 Å². The van der Waals surface area contributed by atoms with Crippen LogP contribution in [-0.2, 0) is 9.59 Å². The summed E-state index contributed by atoms with van der Waals surface area (Å²) in [5, 5.41) is 2.83. The highest BCUT2D eigenvalue weighted by Crippen LogP contribution is 2.32. The first-order valence-electron chi connectivity index (χ1n) is 13.0. The van der Waals surface area contributed by atoms with Gasteiger partial charge in [0.1, 0.15) is 5.82 Å². The third-order valence-corrected chi connectivity index (χ3v) is 6.91. The SMILES string of the molecule is CC.CC(=O)[C@H](NC(=O)c1cccc(C2CCCN(C(=O)C(C)(C)C)C2)c1F)C1CCCCC1.F.[HH]. The van der Waals surface area contributed by atoms with E-state index in [0.717, 1.165) is 44.9 Å². The molecule has 7 heteroatoms. The van der Waals surface area contributed by atoms with Crippen molar-refractivity contribution in [3.63, 3.8) is 0 Å². The lowest BCUT2D eigenvalue weighted by atomic mass is 9.82. The second-order valence-corrected chi connectivity index (χ2v) is 10.5. The van der Waals surface area contributed by atoms with Crippen molar-refractivity contribution in [3.8, 4) is 0 Å². The number of Topliss-reactive ketones (excluding diaryl/α,β-unsaturated/α-hetero) is 1. The number of likely N-dealkylation sites (tertiary alicyclic amines) is 1. The molecule has 35 heavy (non-hydrogen) atoms. The van der Waals surface area contributed by atoms with Crippen LogP contribution in [0.5, 0.6) is 0 Å². The highest BCUT2D eigenvalue weighted by atomic mass is 19.1. The molecule has 1 saturated heterocycles. The molecule has 1 heterocycles. The third-order valence-electron chi connectivity index (χ3n) is 6.91. The second-order valence-electron chi connectivity index (χ2n) is 10.5. The Morgan fingerprint density at radius 3 is 2.26 bits per heavy atom. The summed E-state index contributed by atoms with van der Waals surface area (Å²) in [6, 6.07) is 4.32. The van der Waals surface area contributed by atoms with Gasteiger partial charge in [0.25, 0.3) is 5.91 Å². The van der Waals surface area contributed by atoms with Crippen LogP contribution in [0.4, 0.5) is 9.09 Å². The Morgan fingerprint density at radius 2 is 1.69 bits per heavy atom. The maximum Gasteiger partial charge on any atom is 0.254 e. The average Bonchev–Trinajstić information content (AvgIpc) is 2.83. The van der Waals surface area contributed by atoms with E-state index in [9.17, 15) is 14.4 Å². The van der Waals surface area contributed by atoms with Crippen molar-refractivity contribution in [2.75, 3.05) is 13.1 Å². The van der Waals surface area contributed by atoms with E-state index < -0.39 is 23.2 Å². The minimum absolute atomic E-state index is 0. The molecule has 2 fully saturated rings. The molecule has 0 aromatic heterocycles. The van der Waals surface area contributed by atoms with Gasteiger partial charge in [0.05, 0.1) is 11.6 Å². The Kier molecular flexibility index (Phi) is 12.0. The van der Waals surface area contributed by atoms with Crippen molar-refractivity contribution in [3.05, 3.63) is 35.1 Å². The van der Waals surface area contributed by atoms with E-state index in [1.165, 1.54) is 13.0 Å². The molecule has 0 radical (unpaired) electrons. The number of rotatable bonds is 5. The van der Waals surface area contributed by atoms with Gasteiger partial charge < -0.3 is 10.2 Å². The fourth-order valence-electron chi connectivity index (χ4n) is 5.17. The van der Waals surface area contributed by atoms with E-state index >= 15 is 4.39 Å². The van der Waals surface area contributed by atoms with Crippen molar-refractivity contribution in [2.24, 2.45) is 11.3 Å². The second kappa shape index (κ2) is 13.7. The van der Waals surface area contributed by atoms with Crippen molar-refractivity contribution >= 4 is 17.6 Å². The molecule has 1 N–H and O–H groups in total. The molecule has 1 aliphatic heterocycles. The van der Waals surface area contributed by atoms with Crippen LogP contribution in [0.1, 0.15) is 110 Å². The summed E-state index contributed by atoms with van der Waals surface area (Å²) in [5.74, 6) is -1.12. The molecular formula is C28H46F2N2O3. The largest absolute Gasteiger partial charge is 0.342 e. The zero-order valence-corrected chi connectivity index (χ0v) is 22.3. The summed E-state index contributed by atoms with van der Waals surface area (Å²) in [5.41, 5.74) is -0.0341. The minimum Gasteiger partial charge on any atom is -0.342 e. The number of amides is 2. The smallest absolute Gasteiger partial charge is 0.254 e. The lowest BCUT2D eigenvalue weighted by Crippen LogP contribution is -2.46. The topological polar surface area (TPSA) is 66.5 Å². The van der Waals surface area contributed by atoms with Gasteiger partial charge in [0.2, 0.25) is 5.91 Å². The van der Waals surface area contributed by atoms with Gasteiger partial charge in [0.15, 0.2) is 5.78 Å². The van der Waals surface area contributed by atoms with E-state index in [1.54, 1.807) is 12.1 Å². The molecule has 1 unspecified atom stereocenters. The molecule has 0 spiro atoms. The number of carbonyl (C=O) groups is 3. The number of hydrogen-bond acceptors (Lipinski definition) is 3. The average molecular weight is 497 g/mol. The fourth-order valence-corrected chi connectivity index (χ4v) is 5.17. The number of ketones is 1. The maximum atomic E-state index is 15.5. The zero-order chi connectivity index (χ0) is 25.5. The first-order chi connectivity index (χ1) is 16.1. The summed E-state index contributed by atoms with van der Waals surface area (Å²) in [7, 11) is 0. The highest BCUT2D eigenvalue weighted by molar-refractivity contribution is 5.98. The number of hydrogen-bond donors (Lipinski definition) is 1. The van der Waals surface area contributed by atoms with Crippen LogP contribution in [0.3, 0.4) is 0 Å². The molecule has 2 aliphatic rings. The number of carbonyl (C=O) groups excluding carboxylic acids is 3. The van der Waals surface area contributed by atoms with E-state index in [4.69, 9.17) is 0 Å².